The summed E-state index contributed by atoms with van der Waals surface area (Å²) in [7, 11) is 0. The number of aliphatic hydroxyl groups excluding tert-OH is 1. The molecule has 1 atom stereocenters. The highest BCUT2D eigenvalue weighted by molar-refractivity contribution is 6.51. The first-order valence-corrected chi connectivity index (χ1v) is 11.8. The Bertz CT molecular complexity index is 1400. The summed E-state index contributed by atoms with van der Waals surface area (Å²) in [5, 5.41) is 21.6. The molecule has 190 valence electrons. The smallest absolute Gasteiger partial charge is 0.300 e. The number of carbonyl (C=O) groups excluding carboxylic acids is 2. The monoisotopic (exact) mass is 503 g/mol. The van der Waals surface area contributed by atoms with Gasteiger partial charge in [0.15, 0.2) is 23.0 Å². The van der Waals surface area contributed by atoms with Crippen molar-refractivity contribution in [1.82, 2.24) is 0 Å². The van der Waals surface area contributed by atoms with Crippen LogP contribution < -0.4 is 23.8 Å². The number of Topliss-reactive ketones (excluding diaryl/α,β-unsaturated/α-hetero) is 1. The van der Waals surface area contributed by atoms with Crippen molar-refractivity contribution in [2.24, 2.45) is 0 Å². The molecule has 1 saturated heterocycles. The highest BCUT2D eigenvalue weighted by Crippen LogP contribution is 2.46. The SMILES string of the molecule is CCOc1ccc(/C(O)=C2\C(=O)C(=O)N(c3ccc4c(c3)OCO4)C2c2ccc(O)c(OCC)c2)cc1. The number of ether oxygens (including phenoxy) is 4. The van der Waals surface area contributed by atoms with Crippen molar-refractivity contribution in [2.75, 3.05) is 24.9 Å². The van der Waals surface area contributed by atoms with Gasteiger partial charge in [0.05, 0.1) is 24.8 Å². The highest BCUT2D eigenvalue weighted by Gasteiger charge is 2.47. The van der Waals surface area contributed by atoms with E-state index in [0.29, 0.717) is 47.3 Å². The molecule has 2 aliphatic heterocycles. The Balaban J connectivity index is 1.68. The molecule has 1 fully saturated rings. The van der Waals surface area contributed by atoms with Gasteiger partial charge in [-0.3, -0.25) is 14.5 Å². The van der Waals surface area contributed by atoms with E-state index in [1.807, 2.05) is 6.92 Å². The summed E-state index contributed by atoms with van der Waals surface area (Å²) in [6, 6.07) is 15.1. The zero-order valence-electron chi connectivity index (χ0n) is 20.3. The Morgan fingerprint density at radius 1 is 0.946 bits per heavy atom. The van der Waals surface area contributed by atoms with Crippen molar-refractivity contribution in [1.29, 1.82) is 0 Å². The van der Waals surface area contributed by atoms with Crippen LogP contribution in [0.15, 0.2) is 66.2 Å². The summed E-state index contributed by atoms with van der Waals surface area (Å²) in [4.78, 5) is 28.1. The quantitative estimate of drug-likeness (QED) is 0.274. The summed E-state index contributed by atoms with van der Waals surface area (Å²) in [6.07, 6.45) is 0. The van der Waals surface area contributed by atoms with Crippen LogP contribution in [0.3, 0.4) is 0 Å². The topological polar surface area (TPSA) is 115 Å². The lowest BCUT2D eigenvalue weighted by Gasteiger charge is -2.26. The van der Waals surface area contributed by atoms with Gasteiger partial charge in [-0.05, 0) is 67.9 Å². The van der Waals surface area contributed by atoms with Gasteiger partial charge in [-0.15, -0.1) is 0 Å². The second kappa shape index (κ2) is 9.77. The highest BCUT2D eigenvalue weighted by atomic mass is 16.7. The predicted molar refractivity (Wildman–Crippen MR) is 134 cm³/mol. The molecule has 3 aromatic rings. The second-order valence-electron chi connectivity index (χ2n) is 8.32. The van der Waals surface area contributed by atoms with Crippen LogP contribution in [0, 0.1) is 0 Å². The number of amides is 1. The maximum absolute atomic E-state index is 13.4. The van der Waals surface area contributed by atoms with Crippen molar-refractivity contribution in [3.05, 3.63) is 77.4 Å². The number of phenols is 1. The van der Waals surface area contributed by atoms with Gasteiger partial charge >= 0.3 is 0 Å². The largest absolute Gasteiger partial charge is 0.507 e. The molecule has 1 unspecified atom stereocenters. The molecule has 0 aromatic heterocycles. The number of aliphatic hydroxyl groups is 1. The summed E-state index contributed by atoms with van der Waals surface area (Å²) < 4.78 is 21.9. The van der Waals surface area contributed by atoms with Gasteiger partial charge in [0.1, 0.15) is 11.5 Å². The van der Waals surface area contributed by atoms with Crippen molar-refractivity contribution >= 4 is 23.1 Å². The van der Waals surface area contributed by atoms with Gasteiger partial charge in [0, 0.05) is 17.3 Å². The van der Waals surface area contributed by atoms with Crippen LogP contribution in [0.1, 0.15) is 31.0 Å². The van der Waals surface area contributed by atoms with Crippen LogP contribution in [-0.2, 0) is 9.59 Å². The van der Waals surface area contributed by atoms with E-state index in [9.17, 15) is 19.8 Å². The Kier molecular flexibility index (Phi) is 6.35. The zero-order chi connectivity index (χ0) is 26.1. The molecular weight excluding hydrogens is 478 g/mol. The molecule has 0 saturated carbocycles. The first-order valence-electron chi connectivity index (χ1n) is 11.8. The van der Waals surface area contributed by atoms with E-state index >= 15 is 0 Å². The van der Waals surface area contributed by atoms with Gasteiger partial charge in [-0.1, -0.05) is 6.07 Å². The van der Waals surface area contributed by atoms with E-state index in [2.05, 4.69) is 0 Å². The first kappa shape index (κ1) is 24.1. The number of ketones is 1. The Hall–Kier alpha value is -4.66. The minimum Gasteiger partial charge on any atom is -0.507 e. The molecule has 9 nitrogen and oxygen atoms in total. The molecule has 0 spiro atoms. The van der Waals surface area contributed by atoms with Gasteiger partial charge in [0.25, 0.3) is 11.7 Å². The van der Waals surface area contributed by atoms with Crippen LogP contribution in [0.2, 0.25) is 0 Å². The number of hydrogen-bond donors (Lipinski definition) is 2. The Labute approximate surface area is 213 Å². The van der Waals surface area contributed by atoms with Crippen molar-refractivity contribution in [3.8, 4) is 28.7 Å². The number of aromatic hydroxyl groups is 1. The molecule has 9 heteroatoms. The first-order chi connectivity index (χ1) is 17.9. The lowest BCUT2D eigenvalue weighted by molar-refractivity contribution is -0.132. The van der Waals surface area contributed by atoms with Crippen molar-refractivity contribution < 1.29 is 38.7 Å². The van der Waals surface area contributed by atoms with Crippen LogP contribution in [-0.4, -0.2) is 41.9 Å². The summed E-state index contributed by atoms with van der Waals surface area (Å²) in [5.41, 5.74) is 1.10. The van der Waals surface area contributed by atoms with Gasteiger partial charge < -0.3 is 29.2 Å². The maximum atomic E-state index is 13.4. The van der Waals surface area contributed by atoms with Crippen LogP contribution in [0.5, 0.6) is 28.7 Å². The fourth-order valence-corrected chi connectivity index (χ4v) is 4.45. The predicted octanol–water partition coefficient (Wildman–Crippen LogP) is 4.54. The molecule has 5 rings (SSSR count). The van der Waals surface area contributed by atoms with E-state index in [0.717, 1.165) is 0 Å². The number of anilines is 1. The lowest BCUT2D eigenvalue weighted by atomic mass is 9.94. The molecule has 37 heavy (non-hydrogen) atoms. The Morgan fingerprint density at radius 2 is 1.68 bits per heavy atom. The van der Waals surface area contributed by atoms with E-state index in [1.165, 1.54) is 11.0 Å². The van der Waals surface area contributed by atoms with Crippen LogP contribution >= 0.6 is 0 Å². The maximum Gasteiger partial charge on any atom is 0.300 e. The number of nitrogens with zero attached hydrogens (tertiary/aromatic N) is 1. The van der Waals surface area contributed by atoms with Gasteiger partial charge in [0.2, 0.25) is 6.79 Å². The number of hydrogen-bond acceptors (Lipinski definition) is 8. The number of phenolic OH excluding ortho intramolecular Hbond substituents is 1. The second-order valence-corrected chi connectivity index (χ2v) is 8.32. The molecule has 1 amide bonds. The molecule has 3 aromatic carbocycles. The Morgan fingerprint density at radius 3 is 2.41 bits per heavy atom. The third-order valence-corrected chi connectivity index (χ3v) is 6.12. The minimum absolute atomic E-state index is 0.0501. The third-order valence-electron chi connectivity index (χ3n) is 6.12. The molecule has 2 N–H and O–H groups in total. The fourth-order valence-electron chi connectivity index (χ4n) is 4.45. The molecule has 0 radical (unpaired) electrons. The van der Waals surface area contributed by atoms with Gasteiger partial charge in [-0.2, -0.15) is 0 Å². The molecule has 0 bridgehead atoms. The average Bonchev–Trinajstić information content (AvgIpc) is 3.47. The van der Waals surface area contributed by atoms with Crippen molar-refractivity contribution in [2.45, 2.75) is 19.9 Å². The zero-order valence-corrected chi connectivity index (χ0v) is 20.3. The van der Waals surface area contributed by atoms with Crippen molar-refractivity contribution in [3.63, 3.8) is 0 Å². The van der Waals surface area contributed by atoms with E-state index < -0.39 is 17.7 Å². The van der Waals surface area contributed by atoms with Gasteiger partial charge in [-0.25, -0.2) is 0 Å². The summed E-state index contributed by atoms with van der Waals surface area (Å²) >= 11 is 0. The molecule has 2 aliphatic rings. The van der Waals surface area contributed by atoms with E-state index in [1.54, 1.807) is 61.5 Å². The van der Waals surface area contributed by atoms with Crippen LogP contribution in [0.25, 0.3) is 5.76 Å². The number of fused-ring (bicyclic) bond motifs is 1. The molecule has 2 heterocycles. The normalized spacial score (nSPS) is 17.8. The molecule has 0 aliphatic carbocycles. The minimum atomic E-state index is -1.01. The number of carbonyl (C=O) groups is 2. The third kappa shape index (κ3) is 4.29. The lowest BCUT2D eigenvalue weighted by Crippen LogP contribution is -2.29. The number of benzene rings is 3. The summed E-state index contributed by atoms with van der Waals surface area (Å²) in [5.74, 6) is -0.325. The van der Waals surface area contributed by atoms with Crippen LogP contribution in [0.4, 0.5) is 5.69 Å². The van der Waals surface area contributed by atoms with E-state index in [-0.39, 0.29) is 29.6 Å². The number of rotatable bonds is 7. The van der Waals surface area contributed by atoms with E-state index in [4.69, 9.17) is 18.9 Å². The standard InChI is InChI=1S/C28H25NO8/c1-3-34-19-9-5-16(6-10-19)26(31)24-25(17-7-11-20(30)22(13-17)35-4-2)29(28(33)27(24)32)18-8-12-21-23(14-18)37-15-36-21/h5-14,25,30-31H,3-4,15H2,1-2H3/b26-24+. The average molecular weight is 504 g/mol. The molecular formula is C28H25NO8. The summed E-state index contributed by atoms with van der Waals surface area (Å²) in [6.45, 7) is 4.46. The fraction of sp³-hybridized carbons (Fsp3) is 0.214.